The van der Waals surface area contributed by atoms with Crippen molar-refractivity contribution in [1.82, 2.24) is 15.1 Å². The number of hydrogen-bond acceptors (Lipinski definition) is 3. The number of nitrogens with zero attached hydrogens (tertiary/aromatic N) is 2. The lowest BCUT2D eigenvalue weighted by Gasteiger charge is -2.34. The SMILES string of the molecule is CCCc1ccc(C(C)NC(=O)CN2CCN(Cc3ccc(C)cc3)CC2)cc1. The highest BCUT2D eigenvalue weighted by Gasteiger charge is 2.20. The molecule has 156 valence electrons. The van der Waals surface area contributed by atoms with Crippen LogP contribution < -0.4 is 5.32 Å². The first-order chi connectivity index (χ1) is 14.0. The molecule has 0 aliphatic carbocycles. The molecule has 1 unspecified atom stereocenters. The molecule has 29 heavy (non-hydrogen) atoms. The molecule has 1 aliphatic heterocycles. The summed E-state index contributed by atoms with van der Waals surface area (Å²) in [5.74, 6) is 0.113. The molecule has 4 nitrogen and oxygen atoms in total. The predicted molar refractivity (Wildman–Crippen MR) is 120 cm³/mol. The van der Waals surface area contributed by atoms with Gasteiger partial charge in [-0.05, 0) is 37.0 Å². The average molecular weight is 394 g/mol. The number of rotatable bonds is 8. The van der Waals surface area contributed by atoms with Crippen LogP contribution in [0.2, 0.25) is 0 Å². The van der Waals surface area contributed by atoms with Gasteiger partial charge in [0, 0.05) is 32.7 Å². The van der Waals surface area contributed by atoms with Gasteiger partial charge in [-0.1, -0.05) is 67.4 Å². The lowest BCUT2D eigenvalue weighted by molar-refractivity contribution is -0.123. The van der Waals surface area contributed by atoms with Gasteiger partial charge >= 0.3 is 0 Å². The summed E-state index contributed by atoms with van der Waals surface area (Å²) in [6.07, 6.45) is 2.26. The Morgan fingerprint density at radius 2 is 1.52 bits per heavy atom. The molecule has 2 aromatic rings. The normalized spacial score (nSPS) is 16.5. The van der Waals surface area contributed by atoms with Crippen LogP contribution in [0.5, 0.6) is 0 Å². The molecule has 4 heteroatoms. The number of amides is 1. The van der Waals surface area contributed by atoms with Gasteiger partial charge in [-0.25, -0.2) is 0 Å². The van der Waals surface area contributed by atoms with Crippen molar-refractivity contribution in [2.45, 2.75) is 46.2 Å². The molecule has 1 saturated heterocycles. The molecule has 0 saturated carbocycles. The van der Waals surface area contributed by atoms with Crippen LogP contribution in [0.15, 0.2) is 48.5 Å². The van der Waals surface area contributed by atoms with Crippen molar-refractivity contribution in [3.8, 4) is 0 Å². The molecule has 2 aromatic carbocycles. The average Bonchev–Trinajstić information content (AvgIpc) is 2.72. The van der Waals surface area contributed by atoms with Crippen molar-refractivity contribution in [2.24, 2.45) is 0 Å². The van der Waals surface area contributed by atoms with Crippen molar-refractivity contribution in [1.29, 1.82) is 0 Å². The van der Waals surface area contributed by atoms with Gasteiger partial charge in [-0.3, -0.25) is 14.6 Å². The third-order valence-corrected chi connectivity index (χ3v) is 5.75. The lowest BCUT2D eigenvalue weighted by Crippen LogP contribution is -2.49. The largest absolute Gasteiger partial charge is 0.348 e. The van der Waals surface area contributed by atoms with Crippen LogP contribution in [-0.4, -0.2) is 48.4 Å². The van der Waals surface area contributed by atoms with Crippen molar-refractivity contribution < 1.29 is 4.79 Å². The molecular weight excluding hydrogens is 358 g/mol. The molecule has 1 atom stereocenters. The Balaban J connectivity index is 1.40. The minimum Gasteiger partial charge on any atom is -0.348 e. The summed E-state index contributed by atoms with van der Waals surface area (Å²) in [7, 11) is 0. The molecule has 1 heterocycles. The Bertz CT molecular complexity index is 762. The van der Waals surface area contributed by atoms with E-state index in [9.17, 15) is 4.79 Å². The van der Waals surface area contributed by atoms with Crippen molar-refractivity contribution in [3.05, 3.63) is 70.8 Å². The van der Waals surface area contributed by atoms with E-state index in [1.807, 2.05) is 0 Å². The first kappa shape index (κ1) is 21.5. The minimum absolute atomic E-state index is 0.0426. The zero-order valence-corrected chi connectivity index (χ0v) is 18.2. The number of carbonyl (C=O) groups is 1. The van der Waals surface area contributed by atoms with E-state index in [1.54, 1.807) is 0 Å². The summed E-state index contributed by atoms with van der Waals surface area (Å²) >= 11 is 0. The monoisotopic (exact) mass is 393 g/mol. The highest BCUT2D eigenvalue weighted by atomic mass is 16.2. The lowest BCUT2D eigenvalue weighted by atomic mass is 10.0. The van der Waals surface area contributed by atoms with Crippen LogP contribution in [-0.2, 0) is 17.8 Å². The van der Waals surface area contributed by atoms with Crippen LogP contribution in [0.25, 0.3) is 0 Å². The van der Waals surface area contributed by atoms with Crippen LogP contribution in [0, 0.1) is 6.92 Å². The number of carbonyl (C=O) groups excluding carboxylic acids is 1. The minimum atomic E-state index is 0.0426. The number of nitrogens with one attached hydrogen (secondary N) is 1. The second-order valence-electron chi connectivity index (χ2n) is 8.32. The van der Waals surface area contributed by atoms with Crippen LogP contribution in [0.1, 0.15) is 48.6 Å². The second kappa shape index (κ2) is 10.6. The summed E-state index contributed by atoms with van der Waals surface area (Å²) in [6, 6.07) is 17.4. The quantitative estimate of drug-likeness (QED) is 0.738. The number of hydrogen-bond donors (Lipinski definition) is 1. The molecule has 1 fully saturated rings. The van der Waals surface area contributed by atoms with E-state index in [-0.39, 0.29) is 11.9 Å². The number of benzene rings is 2. The second-order valence-corrected chi connectivity index (χ2v) is 8.32. The van der Waals surface area contributed by atoms with E-state index in [0.717, 1.165) is 45.6 Å². The third-order valence-electron chi connectivity index (χ3n) is 5.75. The summed E-state index contributed by atoms with van der Waals surface area (Å²) in [5, 5.41) is 3.16. The maximum Gasteiger partial charge on any atom is 0.234 e. The molecule has 0 bridgehead atoms. The van der Waals surface area contributed by atoms with E-state index in [0.29, 0.717) is 6.54 Å². The summed E-state index contributed by atoms with van der Waals surface area (Å²) in [6.45, 7) is 11.8. The van der Waals surface area contributed by atoms with E-state index in [1.165, 1.54) is 22.3 Å². The standard InChI is InChI=1S/C25H35N3O/c1-4-5-22-10-12-24(13-11-22)21(3)26-25(29)19-28-16-14-27(15-17-28)18-23-8-6-20(2)7-9-23/h6-13,21H,4-5,14-19H2,1-3H3,(H,26,29). The van der Waals surface area contributed by atoms with Gasteiger partial charge in [0.2, 0.25) is 5.91 Å². The maximum absolute atomic E-state index is 12.5. The molecule has 1 N–H and O–H groups in total. The zero-order valence-electron chi connectivity index (χ0n) is 18.2. The smallest absolute Gasteiger partial charge is 0.234 e. The van der Waals surface area contributed by atoms with Gasteiger partial charge in [0.25, 0.3) is 0 Å². The molecule has 0 aromatic heterocycles. The fraction of sp³-hybridized carbons (Fsp3) is 0.480. The Labute approximate surface area is 175 Å². The fourth-order valence-corrected chi connectivity index (χ4v) is 3.89. The predicted octanol–water partition coefficient (Wildman–Crippen LogP) is 3.94. The first-order valence-corrected chi connectivity index (χ1v) is 10.9. The first-order valence-electron chi connectivity index (χ1n) is 10.9. The molecular formula is C25H35N3O. The van der Waals surface area contributed by atoms with Crippen LogP contribution in [0.4, 0.5) is 0 Å². The van der Waals surface area contributed by atoms with Gasteiger partial charge in [0.05, 0.1) is 12.6 Å². The fourth-order valence-electron chi connectivity index (χ4n) is 3.89. The Morgan fingerprint density at radius 1 is 0.931 bits per heavy atom. The van der Waals surface area contributed by atoms with E-state index < -0.39 is 0 Å². The molecule has 1 aliphatic rings. The highest BCUT2D eigenvalue weighted by molar-refractivity contribution is 5.78. The van der Waals surface area contributed by atoms with Gasteiger partial charge in [0.1, 0.15) is 0 Å². The molecule has 1 amide bonds. The van der Waals surface area contributed by atoms with Gasteiger partial charge in [-0.2, -0.15) is 0 Å². The summed E-state index contributed by atoms with van der Waals surface area (Å²) in [4.78, 5) is 17.2. The third kappa shape index (κ3) is 6.69. The van der Waals surface area contributed by atoms with E-state index in [2.05, 4.69) is 84.4 Å². The summed E-state index contributed by atoms with van der Waals surface area (Å²) < 4.78 is 0. The van der Waals surface area contributed by atoms with Crippen molar-refractivity contribution in [3.63, 3.8) is 0 Å². The Morgan fingerprint density at radius 3 is 2.14 bits per heavy atom. The number of aryl methyl sites for hydroxylation is 2. The van der Waals surface area contributed by atoms with Crippen molar-refractivity contribution >= 4 is 5.91 Å². The zero-order chi connectivity index (χ0) is 20.6. The topological polar surface area (TPSA) is 35.6 Å². The van der Waals surface area contributed by atoms with Crippen molar-refractivity contribution in [2.75, 3.05) is 32.7 Å². The number of piperazine rings is 1. The summed E-state index contributed by atoms with van der Waals surface area (Å²) in [5.41, 5.74) is 5.19. The van der Waals surface area contributed by atoms with Gasteiger partial charge in [-0.15, -0.1) is 0 Å². The molecule has 0 spiro atoms. The molecule has 3 rings (SSSR count). The Hall–Kier alpha value is -2.17. The maximum atomic E-state index is 12.5. The van der Waals surface area contributed by atoms with Gasteiger partial charge in [0.15, 0.2) is 0 Å². The van der Waals surface area contributed by atoms with Crippen LogP contribution >= 0.6 is 0 Å². The van der Waals surface area contributed by atoms with Crippen LogP contribution in [0.3, 0.4) is 0 Å². The van der Waals surface area contributed by atoms with E-state index >= 15 is 0 Å². The Kier molecular flexibility index (Phi) is 7.84. The van der Waals surface area contributed by atoms with Gasteiger partial charge < -0.3 is 5.32 Å². The molecule has 0 radical (unpaired) electrons. The van der Waals surface area contributed by atoms with E-state index in [4.69, 9.17) is 0 Å². The highest BCUT2D eigenvalue weighted by Crippen LogP contribution is 2.15.